The monoisotopic (exact) mass is 1690 g/mol. The Hall–Kier alpha value is -10.8. The Labute approximate surface area is 707 Å². The van der Waals surface area contributed by atoms with Crippen LogP contribution in [0.1, 0.15) is 61.2 Å². The molecular weight excluding hydrogens is 1590 g/mol. The van der Waals surface area contributed by atoms with Gasteiger partial charge in [-0.2, -0.15) is 0 Å². The van der Waals surface area contributed by atoms with Crippen LogP contribution in [0.2, 0.25) is 0 Å². The lowest BCUT2D eigenvalue weighted by molar-refractivity contribution is -0.277. The van der Waals surface area contributed by atoms with Gasteiger partial charge in [0.2, 0.25) is 25.2 Å². The van der Waals surface area contributed by atoms with Gasteiger partial charge in [-0.05, 0) is 94.9 Å². The first-order valence-corrected chi connectivity index (χ1v) is 39.8. The summed E-state index contributed by atoms with van der Waals surface area (Å²) in [6, 6.07) is 67.5. The van der Waals surface area contributed by atoms with E-state index in [9.17, 15) is 90.5 Å². The number of ether oxygens (including phenoxy) is 9. The number of methoxy groups -OCH3 is 1. The number of aliphatic hydroxyl groups is 16. The zero-order valence-corrected chi connectivity index (χ0v) is 67.4. The Bertz CT molecular complexity index is 5340. The molecule has 25 nitrogen and oxygen atoms in total. The molecule has 3 unspecified atom stereocenters. The largest absolute Gasteiger partial charge is 0.497 e. The van der Waals surface area contributed by atoms with E-state index in [0.717, 1.165) is 88.6 Å². The fraction of sp³-hybridized carbons (Fsp3) is 0.292. The fourth-order valence-corrected chi connectivity index (χ4v) is 14.0. The summed E-state index contributed by atoms with van der Waals surface area (Å²) in [5.74, 6) is -0.120. The van der Waals surface area contributed by atoms with Crippen LogP contribution < -0.4 is 23.7 Å². The number of halogens is 2. The van der Waals surface area contributed by atoms with E-state index in [1.807, 2.05) is 263 Å². The summed E-state index contributed by atoms with van der Waals surface area (Å²) < 4.78 is 78.7. The molecule has 123 heavy (non-hydrogen) atoms. The number of hydrogen-bond acceptors (Lipinski definition) is 25. The van der Waals surface area contributed by atoms with Crippen molar-refractivity contribution in [1.82, 2.24) is 0 Å². The molecule has 0 aromatic heterocycles. The van der Waals surface area contributed by atoms with Crippen LogP contribution >= 0.6 is 0 Å². The third-order valence-corrected chi connectivity index (χ3v) is 21.2. The Kier molecular flexibility index (Phi) is 31.6. The lowest BCUT2D eigenvalue weighted by atomic mass is 9.99. The molecule has 4 heterocycles. The van der Waals surface area contributed by atoms with Gasteiger partial charge in [0, 0.05) is 39.1 Å². The molecule has 16 N–H and O–H groups in total. The second kappa shape index (κ2) is 42.5. The number of aliphatic hydroxyl groups excluding tert-OH is 16. The van der Waals surface area contributed by atoms with E-state index in [1.165, 1.54) is 17.2 Å². The number of fused-ring (bicyclic) bond motifs is 3. The molecule has 4 fully saturated rings. The van der Waals surface area contributed by atoms with Crippen molar-refractivity contribution in [2.75, 3.05) is 33.5 Å². The second-order valence-electron chi connectivity index (χ2n) is 30.1. The number of benzene rings is 11. The maximum absolute atomic E-state index is 14.4. The van der Waals surface area contributed by atoms with Crippen molar-refractivity contribution in [3.05, 3.63) is 291 Å². The molecule has 15 rings (SSSR count). The number of rotatable bonds is 21. The van der Waals surface area contributed by atoms with Gasteiger partial charge in [-0.1, -0.05) is 247 Å². The summed E-state index contributed by atoms with van der Waals surface area (Å²) in [4.78, 5) is 0. The molecule has 0 amide bonds. The predicted octanol–water partition coefficient (Wildman–Crippen LogP) is 8.81. The third-order valence-electron chi connectivity index (χ3n) is 21.2. The highest BCUT2D eigenvalue weighted by atomic mass is 19.1. The highest BCUT2D eigenvalue weighted by Crippen LogP contribution is 2.39. The van der Waals surface area contributed by atoms with Gasteiger partial charge in [-0.3, -0.25) is 0 Å². The van der Waals surface area contributed by atoms with Crippen LogP contribution in [0.4, 0.5) is 8.78 Å². The average Bonchev–Trinajstić information content (AvgIpc) is 0.796. The van der Waals surface area contributed by atoms with Crippen LogP contribution in [0, 0.1) is 32.4 Å². The Morgan fingerprint density at radius 3 is 0.959 bits per heavy atom. The zero-order valence-electron chi connectivity index (χ0n) is 67.4. The van der Waals surface area contributed by atoms with E-state index in [0.29, 0.717) is 23.3 Å². The lowest BCUT2D eigenvalue weighted by Crippen LogP contribution is -2.60. The summed E-state index contributed by atoms with van der Waals surface area (Å²) >= 11 is 0. The van der Waals surface area contributed by atoms with E-state index in [-0.39, 0.29) is 5.56 Å². The first-order chi connectivity index (χ1) is 59.2. The Balaban J connectivity index is 0.000000150. The van der Waals surface area contributed by atoms with Crippen molar-refractivity contribution in [1.29, 1.82) is 0 Å². The molecule has 648 valence electrons. The standard InChI is InChI=1S/C25H26O7.2C25H26O6.C21H22F2O6/c1-30-18-12-7-15(8-13-18)6-9-17-11-10-16-4-2-3-5-19(16)24(17)32-25-23(29)22(28)21(27)20(14-26)31-25;1-15-6-8-16(9-7-15)10-11-19-12-17-4-2-3-5-18(17)13-20(19)30-25-24(29)23(28)22(27)21(14-26)31-25;1-15-6-8-16(9-7-15)10-11-18-13-12-17-4-2-3-5-19(17)24(18)31-25-23(29)22(28)21(27)20(14-26)30-25;1-11-2-4-12(5-3-11)6-7-13-8-14(22)9-15(23)20(13)29-21-19(27)18(26)17(25)16(10-24)28-21/h2-13,20-23,25-29H,14H2,1H3;2-13,21-29H,14H2,1H3;2-13,20-23,25-29H,14H2,1H3;2-9,16-19,21,24-27H,10H2,1H3/b9-6+;2*11-10+;7-6+/t20-,21-,22+,23-,25+;21-,22-,23+,24-,25?;20-,21-,22+,23-,25?;16-,17-,18+,19-,21?/m1111/s1. The van der Waals surface area contributed by atoms with Crippen molar-refractivity contribution in [2.24, 2.45) is 0 Å². The third kappa shape index (κ3) is 22.6. The minimum atomic E-state index is -1.72. The van der Waals surface area contributed by atoms with Crippen LogP contribution in [-0.4, -0.2) is 238 Å². The zero-order chi connectivity index (χ0) is 87.7. The predicted molar refractivity (Wildman–Crippen MR) is 458 cm³/mol. The molecule has 0 saturated carbocycles. The molecule has 0 aliphatic carbocycles. The first kappa shape index (κ1) is 91.4. The Morgan fingerprint density at radius 2 is 0.602 bits per heavy atom. The molecular formula is C96H100F2O25. The molecule has 4 aliphatic rings. The van der Waals surface area contributed by atoms with Gasteiger partial charge in [0.15, 0.2) is 11.6 Å². The van der Waals surface area contributed by atoms with Crippen LogP contribution in [0.3, 0.4) is 0 Å². The molecule has 11 aromatic rings. The highest BCUT2D eigenvalue weighted by Gasteiger charge is 2.49. The topological polar surface area (TPSA) is 407 Å². The van der Waals surface area contributed by atoms with Crippen molar-refractivity contribution in [3.63, 3.8) is 0 Å². The number of hydrogen-bond donors (Lipinski definition) is 16. The molecule has 0 bridgehead atoms. The molecule has 11 aromatic carbocycles. The summed E-state index contributed by atoms with van der Waals surface area (Å²) in [6.45, 7) is 3.79. The minimum absolute atomic E-state index is 0.0417. The Morgan fingerprint density at radius 1 is 0.293 bits per heavy atom. The molecule has 20 atom stereocenters. The van der Waals surface area contributed by atoms with E-state index in [4.69, 9.17) is 42.6 Å². The summed E-state index contributed by atoms with van der Waals surface area (Å²) in [6.07, 6.45) is -13.3. The van der Waals surface area contributed by atoms with Crippen LogP contribution in [0.5, 0.6) is 28.7 Å². The summed E-state index contributed by atoms with van der Waals surface area (Å²) in [5.41, 5.74) is 9.51. The second-order valence-corrected chi connectivity index (χ2v) is 30.1. The quantitative estimate of drug-likeness (QED) is 0.0299. The SMILES string of the molecule is COc1ccc(/C=C/c2ccc3ccccc3c2O[C@@H]2O[C@H](CO)[C@@H](O)[C@H](O)[C@H]2O)cc1.Cc1ccc(/C=C/c2cc(F)cc(F)c2OC2O[C@H](CO)[C@@H](O)[C@H](O)[C@H]2O)cc1.Cc1ccc(/C=C/c2cc3ccccc3cc2OC2O[C@H](CO)[C@@H](O)[C@H](O)[C@H]2O)cc1.Cc1ccc(/C=C/c2ccc3ccccc3c2OC2O[C@H](CO)[C@@H](O)[C@H](O)[C@H]2O)cc1. The van der Waals surface area contributed by atoms with Crippen molar-refractivity contribution in [3.8, 4) is 28.7 Å². The molecule has 4 aliphatic heterocycles. The maximum atomic E-state index is 14.4. The van der Waals surface area contributed by atoms with Gasteiger partial charge >= 0.3 is 0 Å². The maximum Gasteiger partial charge on any atom is 0.229 e. The van der Waals surface area contributed by atoms with Crippen LogP contribution in [0.25, 0.3) is 80.9 Å². The van der Waals surface area contributed by atoms with Gasteiger partial charge in [0.05, 0.1) is 33.5 Å². The fourth-order valence-electron chi connectivity index (χ4n) is 14.0. The summed E-state index contributed by atoms with van der Waals surface area (Å²) in [5, 5.41) is 164. The van der Waals surface area contributed by atoms with Gasteiger partial charge < -0.3 is 124 Å². The smallest absolute Gasteiger partial charge is 0.229 e. The lowest BCUT2D eigenvalue weighted by Gasteiger charge is -2.39. The minimum Gasteiger partial charge on any atom is -0.497 e. The summed E-state index contributed by atoms with van der Waals surface area (Å²) in [7, 11) is 1.61. The van der Waals surface area contributed by atoms with Gasteiger partial charge in [-0.25, -0.2) is 8.78 Å². The van der Waals surface area contributed by atoms with Crippen molar-refractivity contribution in [2.45, 2.75) is 144 Å². The highest BCUT2D eigenvalue weighted by molar-refractivity contribution is 5.95. The van der Waals surface area contributed by atoms with Crippen molar-refractivity contribution >= 4 is 80.9 Å². The molecule has 27 heteroatoms. The molecule has 0 spiro atoms. The van der Waals surface area contributed by atoms with E-state index in [1.54, 1.807) is 13.2 Å². The van der Waals surface area contributed by atoms with Gasteiger partial charge in [-0.15, -0.1) is 0 Å². The van der Waals surface area contributed by atoms with E-state index < -0.39 is 167 Å². The van der Waals surface area contributed by atoms with Crippen molar-refractivity contribution < 1.29 is 133 Å². The normalized spacial score (nSPS) is 26.5. The first-order valence-electron chi connectivity index (χ1n) is 39.8. The van der Waals surface area contributed by atoms with E-state index >= 15 is 0 Å². The molecule has 0 radical (unpaired) electrons. The van der Waals surface area contributed by atoms with Gasteiger partial charge in [0.1, 0.15) is 126 Å². The van der Waals surface area contributed by atoms with Crippen LogP contribution in [-0.2, 0) is 18.9 Å². The van der Waals surface area contributed by atoms with E-state index in [2.05, 4.69) is 0 Å². The molecule has 4 saturated heterocycles. The average molecular weight is 1690 g/mol. The van der Waals surface area contributed by atoms with Gasteiger partial charge in [0.25, 0.3) is 0 Å². The van der Waals surface area contributed by atoms with Crippen LogP contribution in [0.15, 0.2) is 218 Å². The number of aryl methyl sites for hydroxylation is 3.